The molecular weight excluding hydrogens is 236 g/mol. The first-order chi connectivity index (χ1) is 8.54. The summed E-state index contributed by atoms with van der Waals surface area (Å²) >= 11 is 0. The standard InChI is InChI=1S/C13H18O5/c1-5-7-17-9-11(18-12(14)6-2)8-10(3)13(15)16-4/h5-6,11H,1-3,7-9H2,4H3. The first-order valence-electron chi connectivity index (χ1n) is 5.32. The number of hydrogen-bond donors (Lipinski definition) is 0. The Morgan fingerprint density at radius 2 is 2.00 bits per heavy atom. The van der Waals surface area contributed by atoms with Gasteiger partial charge in [-0.1, -0.05) is 19.2 Å². The summed E-state index contributed by atoms with van der Waals surface area (Å²) in [5.41, 5.74) is 0.210. The van der Waals surface area contributed by atoms with Gasteiger partial charge in [0.2, 0.25) is 0 Å². The molecule has 0 aromatic rings. The third kappa shape index (κ3) is 6.65. The molecule has 0 aromatic heterocycles. The van der Waals surface area contributed by atoms with Crippen LogP contribution >= 0.6 is 0 Å². The highest BCUT2D eigenvalue weighted by Crippen LogP contribution is 2.10. The number of carbonyl (C=O) groups excluding carboxylic acids is 2. The van der Waals surface area contributed by atoms with E-state index in [4.69, 9.17) is 9.47 Å². The van der Waals surface area contributed by atoms with Crippen molar-refractivity contribution >= 4 is 11.9 Å². The second-order valence-electron chi connectivity index (χ2n) is 3.39. The summed E-state index contributed by atoms with van der Waals surface area (Å²) < 4.78 is 14.7. The van der Waals surface area contributed by atoms with Gasteiger partial charge in [-0.05, 0) is 0 Å². The Labute approximate surface area is 107 Å². The van der Waals surface area contributed by atoms with Crippen LogP contribution in [0.5, 0.6) is 0 Å². The Kier molecular flexibility index (Phi) is 8.22. The average Bonchev–Trinajstić information content (AvgIpc) is 2.37. The lowest BCUT2D eigenvalue weighted by atomic mass is 10.1. The Hall–Kier alpha value is -1.88. The average molecular weight is 254 g/mol. The zero-order chi connectivity index (χ0) is 14.0. The van der Waals surface area contributed by atoms with E-state index in [2.05, 4.69) is 24.5 Å². The van der Waals surface area contributed by atoms with Gasteiger partial charge in [0, 0.05) is 18.1 Å². The molecule has 1 atom stereocenters. The predicted octanol–water partition coefficient (Wildman–Crippen LogP) is 1.41. The fourth-order valence-electron chi connectivity index (χ4n) is 1.13. The van der Waals surface area contributed by atoms with Crippen molar-refractivity contribution in [1.82, 2.24) is 0 Å². The lowest BCUT2D eigenvalue weighted by Gasteiger charge is -2.17. The predicted molar refractivity (Wildman–Crippen MR) is 66.9 cm³/mol. The van der Waals surface area contributed by atoms with Crippen LogP contribution in [0, 0.1) is 0 Å². The summed E-state index contributed by atoms with van der Waals surface area (Å²) in [7, 11) is 1.26. The SMILES string of the molecule is C=CCOCC(CC(=C)C(=O)OC)OC(=O)C=C. The van der Waals surface area contributed by atoms with Crippen LogP contribution in [0.1, 0.15) is 6.42 Å². The maximum atomic E-state index is 11.2. The summed E-state index contributed by atoms with van der Waals surface area (Å²) in [6.45, 7) is 10.8. The molecule has 0 saturated carbocycles. The number of carbonyl (C=O) groups is 2. The van der Waals surface area contributed by atoms with E-state index in [0.717, 1.165) is 6.08 Å². The molecule has 5 heteroatoms. The molecule has 0 bridgehead atoms. The van der Waals surface area contributed by atoms with Crippen LogP contribution in [-0.2, 0) is 23.8 Å². The van der Waals surface area contributed by atoms with Gasteiger partial charge < -0.3 is 14.2 Å². The minimum Gasteiger partial charge on any atom is -0.466 e. The normalized spacial score (nSPS) is 11.2. The van der Waals surface area contributed by atoms with Crippen molar-refractivity contribution in [2.45, 2.75) is 12.5 Å². The quantitative estimate of drug-likeness (QED) is 0.269. The highest BCUT2D eigenvalue weighted by molar-refractivity contribution is 5.87. The van der Waals surface area contributed by atoms with E-state index in [1.165, 1.54) is 7.11 Å². The largest absolute Gasteiger partial charge is 0.466 e. The Morgan fingerprint density at radius 1 is 1.33 bits per heavy atom. The van der Waals surface area contributed by atoms with E-state index >= 15 is 0 Å². The van der Waals surface area contributed by atoms with Crippen LogP contribution < -0.4 is 0 Å². The topological polar surface area (TPSA) is 61.8 Å². The number of esters is 2. The Morgan fingerprint density at radius 3 is 2.50 bits per heavy atom. The van der Waals surface area contributed by atoms with Gasteiger partial charge in [-0.2, -0.15) is 0 Å². The van der Waals surface area contributed by atoms with E-state index in [9.17, 15) is 9.59 Å². The summed E-state index contributed by atoms with van der Waals surface area (Å²) in [6, 6.07) is 0. The third-order valence-electron chi connectivity index (χ3n) is 1.94. The lowest BCUT2D eigenvalue weighted by Crippen LogP contribution is -2.25. The van der Waals surface area contributed by atoms with Crippen molar-refractivity contribution in [3.63, 3.8) is 0 Å². The molecule has 0 spiro atoms. The van der Waals surface area contributed by atoms with E-state index < -0.39 is 18.0 Å². The maximum absolute atomic E-state index is 11.2. The van der Waals surface area contributed by atoms with Gasteiger partial charge in [-0.15, -0.1) is 6.58 Å². The maximum Gasteiger partial charge on any atom is 0.333 e. The van der Waals surface area contributed by atoms with Crippen LogP contribution in [0.15, 0.2) is 37.5 Å². The molecule has 100 valence electrons. The molecule has 0 aliphatic rings. The molecule has 0 aromatic carbocycles. The highest BCUT2D eigenvalue weighted by Gasteiger charge is 2.18. The van der Waals surface area contributed by atoms with Crippen molar-refractivity contribution in [2.75, 3.05) is 20.3 Å². The van der Waals surface area contributed by atoms with Gasteiger partial charge in [0.1, 0.15) is 6.10 Å². The van der Waals surface area contributed by atoms with Gasteiger partial charge in [0.25, 0.3) is 0 Å². The second kappa shape index (κ2) is 9.18. The van der Waals surface area contributed by atoms with Crippen molar-refractivity contribution < 1.29 is 23.8 Å². The van der Waals surface area contributed by atoms with E-state index in [1.54, 1.807) is 6.08 Å². The van der Waals surface area contributed by atoms with Gasteiger partial charge in [-0.3, -0.25) is 0 Å². The smallest absolute Gasteiger partial charge is 0.333 e. The van der Waals surface area contributed by atoms with Gasteiger partial charge in [0.15, 0.2) is 0 Å². The van der Waals surface area contributed by atoms with Gasteiger partial charge in [0.05, 0.1) is 20.3 Å². The fraction of sp³-hybridized carbons (Fsp3) is 0.385. The molecule has 0 heterocycles. The summed E-state index contributed by atoms with van der Waals surface area (Å²) in [5.74, 6) is -1.13. The van der Waals surface area contributed by atoms with Crippen molar-refractivity contribution in [3.05, 3.63) is 37.5 Å². The van der Waals surface area contributed by atoms with Gasteiger partial charge in [-0.25, -0.2) is 9.59 Å². The minimum absolute atomic E-state index is 0.140. The molecule has 0 fully saturated rings. The molecule has 0 aliphatic heterocycles. The van der Waals surface area contributed by atoms with E-state index in [-0.39, 0.29) is 18.6 Å². The van der Waals surface area contributed by atoms with Crippen LogP contribution in [0.2, 0.25) is 0 Å². The number of methoxy groups -OCH3 is 1. The summed E-state index contributed by atoms with van der Waals surface area (Å²) in [5, 5.41) is 0. The molecule has 0 amide bonds. The van der Waals surface area contributed by atoms with Gasteiger partial charge >= 0.3 is 11.9 Å². The van der Waals surface area contributed by atoms with Crippen LogP contribution in [0.25, 0.3) is 0 Å². The Bertz CT molecular complexity index is 332. The minimum atomic E-state index is -0.609. The van der Waals surface area contributed by atoms with Crippen LogP contribution in [0.4, 0.5) is 0 Å². The van der Waals surface area contributed by atoms with Crippen molar-refractivity contribution in [1.29, 1.82) is 0 Å². The van der Waals surface area contributed by atoms with E-state index in [0.29, 0.717) is 6.61 Å². The zero-order valence-corrected chi connectivity index (χ0v) is 10.5. The molecule has 1 unspecified atom stereocenters. The third-order valence-corrected chi connectivity index (χ3v) is 1.94. The summed E-state index contributed by atoms with van der Waals surface area (Å²) in [6.07, 6.45) is 2.15. The van der Waals surface area contributed by atoms with Crippen molar-refractivity contribution in [3.8, 4) is 0 Å². The molecule has 0 rings (SSSR count). The molecule has 5 nitrogen and oxygen atoms in total. The highest BCUT2D eigenvalue weighted by atomic mass is 16.6. The number of ether oxygens (including phenoxy) is 3. The molecular formula is C13H18O5. The first kappa shape index (κ1) is 16.1. The monoisotopic (exact) mass is 254 g/mol. The van der Waals surface area contributed by atoms with E-state index in [1.807, 2.05) is 0 Å². The number of rotatable bonds is 9. The van der Waals surface area contributed by atoms with Crippen LogP contribution in [-0.4, -0.2) is 38.4 Å². The molecule has 18 heavy (non-hydrogen) atoms. The van der Waals surface area contributed by atoms with Crippen LogP contribution in [0.3, 0.4) is 0 Å². The molecule has 0 N–H and O–H groups in total. The zero-order valence-electron chi connectivity index (χ0n) is 10.5. The molecule has 0 aliphatic carbocycles. The van der Waals surface area contributed by atoms with Crippen molar-refractivity contribution in [2.24, 2.45) is 0 Å². The fourth-order valence-corrected chi connectivity index (χ4v) is 1.13. The summed E-state index contributed by atoms with van der Waals surface area (Å²) in [4.78, 5) is 22.3. The molecule has 0 radical (unpaired) electrons. The molecule has 0 saturated heterocycles. The Balaban J connectivity index is 4.39. The number of hydrogen-bond acceptors (Lipinski definition) is 5. The lowest BCUT2D eigenvalue weighted by molar-refractivity contribution is -0.147. The first-order valence-corrected chi connectivity index (χ1v) is 5.32. The second-order valence-corrected chi connectivity index (χ2v) is 3.39.